The minimum atomic E-state index is 0.00594. The predicted octanol–water partition coefficient (Wildman–Crippen LogP) is 2.56. The Hall–Kier alpha value is -1.10. The summed E-state index contributed by atoms with van der Waals surface area (Å²) in [5, 5.41) is 13.3. The second-order valence-electron chi connectivity index (χ2n) is 7.09. The van der Waals surface area contributed by atoms with Crippen LogP contribution in [0.5, 0.6) is 0 Å². The van der Waals surface area contributed by atoms with Crippen LogP contribution in [0.4, 0.5) is 5.69 Å². The van der Waals surface area contributed by atoms with E-state index in [1.807, 2.05) is 0 Å². The Labute approximate surface area is 139 Å². The fourth-order valence-corrected chi connectivity index (χ4v) is 3.64. The van der Waals surface area contributed by atoms with Crippen LogP contribution >= 0.6 is 0 Å². The number of anilines is 1. The van der Waals surface area contributed by atoms with Gasteiger partial charge in [0.15, 0.2) is 0 Å². The molecule has 3 rings (SSSR count). The number of nitrogens with zero attached hydrogens (tertiary/aromatic N) is 1. The van der Waals surface area contributed by atoms with E-state index in [0.717, 1.165) is 39.1 Å². The molecule has 0 radical (unpaired) electrons. The van der Waals surface area contributed by atoms with Gasteiger partial charge in [0.25, 0.3) is 0 Å². The summed E-state index contributed by atoms with van der Waals surface area (Å²) in [4.78, 5) is 2.49. The zero-order valence-corrected chi connectivity index (χ0v) is 14.1. The molecule has 2 saturated heterocycles. The van der Waals surface area contributed by atoms with Crippen molar-refractivity contribution < 1.29 is 9.84 Å². The van der Waals surface area contributed by atoms with Crippen molar-refractivity contribution in [1.82, 2.24) is 5.32 Å². The molecular formula is C19H30N2O2. The number of hydrogen-bond acceptors (Lipinski definition) is 4. The Morgan fingerprint density at radius 3 is 2.39 bits per heavy atom. The average Bonchev–Trinajstić information content (AvgIpc) is 2.64. The number of nitrogens with one attached hydrogen (secondary N) is 1. The van der Waals surface area contributed by atoms with Crippen molar-refractivity contribution in [3.05, 3.63) is 29.8 Å². The number of rotatable bonds is 6. The van der Waals surface area contributed by atoms with Crippen molar-refractivity contribution >= 4 is 5.69 Å². The van der Waals surface area contributed by atoms with Gasteiger partial charge in [-0.3, -0.25) is 0 Å². The van der Waals surface area contributed by atoms with E-state index >= 15 is 0 Å². The summed E-state index contributed by atoms with van der Waals surface area (Å²) in [7, 11) is 0. The molecule has 0 unspecified atom stereocenters. The second kappa shape index (κ2) is 8.13. The molecule has 2 heterocycles. The van der Waals surface area contributed by atoms with Crippen molar-refractivity contribution in [3.63, 3.8) is 0 Å². The van der Waals surface area contributed by atoms with E-state index < -0.39 is 0 Å². The lowest BCUT2D eigenvalue weighted by Crippen LogP contribution is -2.41. The fourth-order valence-electron chi connectivity index (χ4n) is 3.64. The summed E-state index contributed by atoms with van der Waals surface area (Å²) < 4.78 is 5.42. The third kappa shape index (κ3) is 4.46. The summed E-state index contributed by atoms with van der Waals surface area (Å²) >= 11 is 0. The first-order valence-electron chi connectivity index (χ1n) is 9.05. The lowest BCUT2D eigenvalue weighted by molar-refractivity contribution is -0.0154. The Balaban J connectivity index is 1.48. The van der Waals surface area contributed by atoms with E-state index in [9.17, 15) is 5.11 Å². The summed E-state index contributed by atoms with van der Waals surface area (Å²) in [6, 6.07) is 8.95. The lowest BCUT2D eigenvalue weighted by Gasteiger charge is -2.35. The van der Waals surface area contributed by atoms with Crippen LogP contribution in [0.1, 0.15) is 37.7 Å². The molecule has 0 amide bonds. The highest BCUT2D eigenvalue weighted by Gasteiger charge is 2.31. The second-order valence-corrected chi connectivity index (χ2v) is 7.09. The molecule has 2 aliphatic rings. The van der Waals surface area contributed by atoms with E-state index in [1.165, 1.54) is 43.6 Å². The van der Waals surface area contributed by atoms with E-state index in [0.29, 0.717) is 0 Å². The van der Waals surface area contributed by atoms with Gasteiger partial charge < -0.3 is 20.1 Å². The molecule has 2 aliphatic heterocycles. The van der Waals surface area contributed by atoms with Crippen molar-refractivity contribution in [2.75, 3.05) is 44.4 Å². The molecule has 128 valence electrons. The molecule has 4 nitrogen and oxygen atoms in total. The number of piperidine rings is 1. The minimum absolute atomic E-state index is 0.00594. The largest absolute Gasteiger partial charge is 0.396 e. The highest BCUT2D eigenvalue weighted by atomic mass is 16.5. The zero-order valence-electron chi connectivity index (χ0n) is 14.1. The molecule has 1 aromatic rings. The number of aliphatic hydroxyl groups excluding tert-OH is 1. The Morgan fingerprint density at radius 1 is 1.04 bits per heavy atom. The number of ether oxygens (including phenoxy) is 1. The monoisotopic (exact) mass is 318 g/mol. The van der Waals surface area contributed by atoms with Gasteiger partial charge in [-0.15, -0.1) is 0 Å². The third-order valence-electron chi connectivity index (χ3n) is 5.38. The first kappa shape index (κ1) is 16.7. The predicted molar refractivity (Wildman–Crippen MR) is 93.8 cm³/mol. The summed E-state index contributed by atoms with van der Waals surface area (Å²) in [6.07, 6.45) is 5.90. The zero-order chi connectivity index (χ0) is 16.0. The van der Waals surface area contributed by atoms with Crippen LogP contribution in [0.2, 0.25) is 0 Å². The SMILES string of the molecule is OCC1(CNCc2ccc(N3CCCCC3)cc2)CCOCC1. The van der Waals surface area contributed by atoms with Gasteiger partial charge in [-0.2, -0.15) is 0 Å². The van der Waals surface area contributed by atoms with Crippen LogP contribution in [-0.4, -0.2) is 44.6 Å². The number of hydrogen-bond donors (Lipinski definition) is 2. The molecule has 0 saturated carbocycles. The van der Waals surface area contributed by atoms with Crippen LogP contribution in [0, 0.1) is 5.41 Å². The third-order valence-corrected chi connectivity index (χ3v) is 5.38. The molecule has 23 heavy (non-hydrogen) atoms. The van der Waals surface area contributed by atoms with Gasteiger partial charge in [0.1, 0.15) is 0 Å². The van der Waals surface area contributed by atoms with Gasteiger partial charge in [-0.05, 0) is 49.8 Å². The van der Waals surface area contributed by atoms with Crippen LogP contribution in [0.25, 0.3) is 0 Å². The van der Waals surface area contributed by atoms with Crippen molar-refractivity contribution in [2.24, 2.45) is 5.41 Å². The maximum absolute atomic E-state index is 9.72. The molecule has 0 aromatic heterocycles. The molecule has 1 aromatic carbocycles. The molecule has 0 bridgehead atoms. The highest BCUT2D eigenvalue weighted by Crippen LogP contribution is 2.29. The van der Waals surface area contributed by atoms with E-state index in [2.05, 4.69) is 34.5 Å². The smallest absolute Gasteiger partial charge is 0.0501 e. The van der Waals surface area contributed by atoms with Crippen LogP contribution in [-0.2, 0) is 11.3 Å². The van der Waals surface area contributed by atoms with E-state index in [4.69, 9.17) is 4.74 Å². The van der Waals surface area contributed by atoms with Gasteiger partial charge in [0, 0.05) is 50.5 Å². The van der Waals surface area contributed by atoms with Gasteiger partial charge in [0.05, 0.1) is 6.61 Å². The topological polar surface area (TPSA) is 44.7 Å². The van der Waals surface area contributed by atoms with Gasteiger partial charge in [0.2, 0.25) is 0 Å². The van der Waals surface area contributed by atoms with Crippen LogP contribution in [0.3, 0.4) is 0 Å². The van der Waals surface area contributed by atoms with Crippen LogP contribution in [0.15, 0.2) is 24.3 Å². The quantitative estimate of drug-likeness (QED) is 0.846. The Bertz CT molecular complexity index is 463. The number of benzene rings is 1. The first-order chi connectivity index (χ1) is 11.3. The fraction of sp³-hybridized carbons (Fsp3) is 0.684. The molecule has 2 N–H and O–H groups in total. The first-order valence-corrected chi connectivity index (χ1v) is 9.05. The molecule has 4 heteroatoms. The highest BCUT2D eigenvalue weighted by molar-refractivity contribution is 5.47. The molecule has 0 spiro atoms. The summed E-state index contributed by atoms with van der Waals surface area (Å²) in [5.74, 6) is 0. The molecular weight excluding hydrogens is 288 g/mol. The maximum Gasteiger partial charge on any atom is 0.0501 e. The van der Waals surface area contributed by atoms with Crippen LogP contribution < -0.4 is 10.2 Å². The standard InChI is InChI=1S/C19H30N2O2/c22-16-19(8-12-23-13-9-19)15-20-14-17-4-6-18(7-5-17)21-10-2-1-3-11-21/h4-7,20,22H,1-3,8-16H2. The Kier molecular flexibility index (Phi) is 5.92. The normalized spacial score (nSPS) is 21.3. The van der Waals surface area contributed by atoms with E-state index in [-0.39, 0.29) is 12.0 Å². The number of aliphatic hydroxyl groups is 1. The molecule has 0 aliphatic carbocycles. The van der Waals surface area contributed by atoms with Crippen molar-refractivity contribution in [3.8, 4) is 0 Å². The van der Waals surface area contributed by atoms with Crippen molar-refractivity contribution in [2.45, 2.75) is 38.6 Å². The van der Waals surface area contributed by atoms with Crippen molar-refractivity contribution in [1.29, 1.82) is 0 Å². The van der Waals surface area contributed by atoms with Gasteiger partial charge in [-0.1, -0.05) is 12.1 Å². The lowest BCUT2D eigenvalue weighted by atomic mass is 9.81. The van der Waals surface area contributed by atoms with Gasteiger partial charge in [-0.25, -0.2) is 0 Å². The maximum atomic E-state index is 9.72. The van der Waals surface area contributed by atoms with E-state index in [1.54, 1.807) is 0 Å². The molecule has 2 fully saturated rings. The summed E-state index contributed by atoms with van der Waals surface area (Å²) in [5.41, 5.74) is 2.67. The summed E-state index contributed by atoms with van der Waals surface area (Å²) in [6.45, 7) is 5.90. The minimum Gasteiger partial charge on any atom is -0.396 e. The average molecular weight is 318 g/mol. The Morgan fingerprint density at radius 2 is 1.74 bits per heavy atom. The van der Waals surface area contributed by atoms with Gasteiger partial charge >= 0.3 is 0 Å². The molecule has 0 atom stereocenters.